The van der Waals surface area contributed by atoms with E-state index in [1.165, 1.54) is 18.7 Å². The zero-order chi connectivity index (χ0) is 12.0. The molecule has 0 aliphatic carbocycles. The number of carbonyl (C=O) groups is 1. The maximum absolute atomic E-state index is 11.3. The summed E-state index contributed by atoms with van der Waals surface area (Å²) in [5.41, 5.74) is 9.06. The Morgan fingerprint density at radius 2 is 2.06 bits per heavy atom. The number of carbonyl (C=O) groups excluding carboxylic acids is 1. The number of ketones is 1. The molecule has 0 radical (unpaired) electrons. The first-order valence-electron chi connectivity index (χ1n) is 5.13. The summed E-state index contributed by atoms with van der Waals surface area (Å²) in [5, 5.41) is -0.0927. The van der Waals surface area contributed by atoms with Gasteiger partial charge in [0, 0.05) is 11.8 Å². The lowest BCUT2D eigenvalue weighted by Crippen LogP contribution is -2.24. The highest BCUT2D eigenvalue weighted by molar-refractivity contribution is 8.00. The van der Waals surface area contributed by atoms with Crippen LogP contribution in [0.5, 0.6) is 0 Å². The van der Waals surface area contributed by atoms with E-state index in [1.54, 1.807) is 0 Å². The topological polar surface area (TPSA) is 53.5 Å². The molecule has 0 aromatic heterocycles. The molecular formula is C12H14N2OS. The highest BCUT2D eigenvalue weighted by Gasteiger charge is 2.27. The molecule has 84 valence electrons. The van der Waals surface area contributed by atoms with Gasteiger partial charge >= 0.3 is 5.71 Å². The number of thioether (sulfide) groups is 1. The van der Waals surface area contributed by atoms with Gasteiger partial charge in [-0.3, -0.25) is 4.79 Å². The third-order valence-corrected chi connectivity index (χ3v) is 3.55. The molecule has 1 atom stereocenters. The van der Waals surface area contributed by atoms with Crippen LogP contribution in [0.4, 0.5) is 0 Å². The molecule has 0 heterocycles. The van der Waals surface area contributed by atoms with Crippen LogP contribution in [0.1, 0.15) is 20.3 Å². The lowest BCUT2D eigenvalue weighted by molar-refractivity contribution is -0.115. The van der Waals surface area contributed by atoms with Crippen LogP contribution in [-0.2, 0) is 4.79 Å². The number of hydrogen-bond acceptors (Lipinski definition) is 2. The maximum Gasteiger partial charge on any atom is 0.347 e. The van der Waals surface area contributed by atoms with E-state index < -0.39 is 0 Å². The molecule has 1 aromatic rings. The van der Waals surface area contributed by atoms with E-state index in [4.69, 9.17) is 5.53 Å². The molecule has 16 heavy (non-hydrogen) atoms. The van der Waals surface area contributed by atoms with Crippen LogP contribution in [0.25, 0.3) is 5.53 Å². The molecule has 0 fully saturated rings. The molecule has 0 saturated heterocycles. The summed E-state index contributed by atoms with van der Waals surface area (Å²) in [6.07, 6.45) is 0.749. The summed E-state index contributed by atoms with van der Waals surface area (Å²) in [5.74, 6) is -0.183. The third-order valence-electron chi connectivity index (χ3n) is 2.17. The van der Waals surface area contributed by atoms with Gasteiger partial charge in [-0.05, 0) is 18.6 Å². The first-order chi connectivity index (χ1) is 7.69. The summed E-state index contributed by atoms with van der Waals surface area (Å²) < 4.78 is 0. The summed E-state index contributed by atoms with van der Waals surface area (Å²) >= 11 is 1.54. The van der Waals surface area contributed by atoms with E-state index in [0.717, 1.165) is 11.3 Å². The zero-order valence-corrected chi connectivity index (χ0v) is 10.2. The van der Waals surface area contributed by atoms with Gasteiger partial charge < -0.3 is 5.53 Å². The molecule has 0 aliphatic heterocycles. The van der Waals surface area contributed by atoms with Gasteiger partial charge in [-0.1, -0.05) is 25.1 Å². The first-order valence-corrected chi connectivity index (χ1v) is 6.01. The highest BCUT2D eigenvalue weighted by Crippen LogP contribution is 2.25. The molecule has 1 aromatic carbocycles. The second-order valence-corrected chi connectivity index (χ2v) is 4.65. The summed E-state index contributed by atoms with van der Waals surface area (Å²) in [6, 6.07) is 9.78. The van der Waals surface area contributed by atoms with Crippen molar-refractivity contribution < 1.29 is 9.58 Å². The fraction of sp³-hybridized carbons (Fsp3) is 0.333. The number of rotatable bonds is 5. The van der Waals surface area contributed by atoms with Gasteiger partial charge in [-0.25, -0.2) is 0 Å². The molecule has 0 bridgehead atoms. The molecule has 0 spiro atoms. The Morgan fingerprint density at radius 3 is 2.50 bits per heavy atom. The van der Waals surface area contributed by atoms with Gasteiger partial charge in [0.05, 0.1) is 0 Å². The number of Topliss-reactive ketones (excluding diaryl/α,β-unsaturated/α-hetero) is 1. The first kappa shape index (κ1) is 12.7. The van der Waals surface area contributed by atoms with E-state index in [-0.39, 0.29) is 16.7 Å². The molecule has 0 saturated carbocycles. The quantitative estimate of drug-likeness (QED) is 0.340. The van der Waals surface area contributed by atoms with Gasteiger partial charge in [-0.2, -0.15) is 4.79 Å². The third kappa shape index (κ3) is 3.33. The fourth-order valence-electron chi connectivity index (χ4n) is 1.36. The Hall–Kier alpha value is -1.38. The SMILES string of the molecule is CCC(Sc1ccccc1)C(=[N+]=[N-])C(C)=O. The molecule has 1 unspecified atom stereocenters. The molecule has 0 N–H and O–H groups in total. The van der Waals surface area contributed by atoms with E-state index in [1.807, 2.05) is 37.3 Å². The van der Waals surface area contributed by atoms with Crippen LogP contribution in [0.3, 0.4) is 0 Å². The minimum atomic E-state index is -0.183. The van der Waals surface area contributed by atoms with Crippen LogP contribution in [-0.4, -0.2) is 21.5 Å². The molecule has 0 aliphatic rings. The summed E-state index contributed by atoms with van der Waals surface area (Å²) in [6.45, 7) is 3.39. The van der Waals surface area contributed by atoms with Crippen LogP contribution >= 0.6 is 11.8 Å². The Morgan fingerprint density at radius 1 is 1.44 bits per heavy atom. The Bertz CT molecular complexity index is 410. The molecule has 3 nitrogen and oxygen atoms in total. The minimum absolute atomic E-state index is 0.0927. The van der Waals surface area contributed by atoms with Crippen molar-refractivity contribution in [2.45, 2.75) is 30.4 Å². The Balaban J connectivity index is 2.84. The predicted molar refractivity (Wildman–Crippen MR) is 65.7 cm³/mol. The van der Waals surface area contributed by atoms with E-state index in [2.05, 4.69) is 4.79 Å². The minimum Gasteiger partial charge on any atom is -0.361 e. The molecular weight excluding hydrogens is 220 g/mol. The Kier molecular flexibility index (Phi) is 4.96. The monoisotopic (exact) mass is 234 g/mol. The summed E-state index contributed by atoms with van der Waals surface area (Å²) in [4.78, 5) is 15.4. The lowest BCUT2D eigenvalue weighted by Gasteiger charge is -2.08. The van der Waals surface area contributed by atoms with Gasteiger partial charge in [0.15, 0.2) is 0 Å². The van der Waals surface area contributed by atoms with Crippen molar-refractivity contribution in [1.29, 1.82) is 0 Å². The van der Waals surface area contributed by atoms with Crippen LogP contribution in [0.2, 0.25) is 0 Å². The van der Waals surface area contributed by atoms with Crippen LogP contribution < -0.4 is 0 Å². The van der Waals surface area contributed by atoms with Crippen molar-refractivity contribution in [2.75, 3.05) is 0 Å². The Labute approximate surface area is 99.5 Å². The summed E-state index contributed by atoms with van der Waals surface area (Å²) in [7, 11) is 0. The lowest BCUT2D eigenvalue weighted by atomic mass is 10.1. The molecule has 4 heteroatoms. The second-order valence-electron chi connectivity index (χ2n) is 3.37. The van der Waals surface area contributed by atoms with Crippen molar-refractivity contribution in [3.05, 3.63) is 35.9 Å². The van der Waals surface area contributed by atoms with Crippen molar-refractivity contribution in [3.63, 3.8) is 0 Å². The smallest absolute Gasteiger partial charge is 0.347 e. The van der Waals surface area contributed by atoms with Crippen molar-refractivity contribution in [3.8, 4) is 0 Å². The van der Waals surface area contributed by atoms with Crippen molar-refractivity contribution in [2.24, 2.45) is 0 Å². The van der Waals surface area contributed by atoms with Gasteiger partial charge in [0.2, 0.25) is 5.78 Å². The molecule has 1 rings (SSSR count). The van der Waals surface area contributed by atoms with Crippen LogP contribution in [0.15, 0.2) is 35.2 Å². The largest absolute Gasteiger partial charge is 0.361 e. The van der Waals surface area contributed by atoms with E-state index in [9.17, 15) is 4.79 Å². The van der Waals surface area contributed by atoms with Crippen molar-refractivity contribution in [1.82, 2.24) is 0 Å². The second kappa shape index (κ2) is 6.26. The van der Waals surface area contributed by atoms with Crippen LogP contribution in [0, 0.1) is 0 Å². The van der Waals surface area contributed by atoms with E-state index in [0.29, 0.717) is 0 Å². The molecule has 0 amide bonds. The van der Waals surface area contributed by atoms with Gasteiger partial charge in [-0.15, -0.1) is 11.8 Å². The van der Waals surface area contributed by atoms with Gasteiger partial charge in [0.1, 0.15) is 5.25 Å². The number of benzene rings is 1. The highest BCUT2D eigenvalue weighted by atomic mass is 32.2. The fourth-order valence-corrected chi connectivity index (χ4v) is 2.49. The maximum atomic E-state index is 11.3. The zero-order valence-electron chi connectivity index (χ0n) is 9.38. The number of hydrogen-bond donors (Lipinski definition) is 0. The number of nitrogens with zero attached hydrogens (tertiary/aromatic N) is 2. The average molecular weight is 234 g/mol. The predicted octanol–water partition coefficient (Wildman–Crippen LogP) is 2.82. The normalized spacial score (nSPS) is 11.6. The standard InChI is InChI=1S/C12H14N2OS/c1-3-11(12(14-13)9(2)15)16-10-7-5-4-6-8-10/h4-8,11H,3H2,1-2H3. The van der Waals surface area contributed by atoms with Gasteiger partial charge in [0.25, 0.3) is 0 Å². The van der Waals surface area contributed by atoms with E-state index >= 15 is 0 Å². The average Bonchev–Trinajstić information content (AvgIpc) is 2.29. The van der Waals surface area contributed by atoms with Crippen molar-refractivity contribution >= 4 is 23.3 Å².